The van der Waals surface area contributed by atoms with Gasteiger partial charge in [0.1, 0.15) is 23.5 Å². The van der Waals surface area contributed by atoms with Crippen molar-refractivity contribution in [2.75, 3.05) is 7.11 Å². The van der Waals surface area contributed by atoms with Crippen LogP contribution in [0.2, 0.25) is 0 Å². The summed E-state index contributed by atoms with van der Waals surface area (Å²) < 4.78 is 16.3. The highest BCUT2D eigenvalue weighted by Gasteiger charge is 2.30. The van der Waals surface area contributed by atoms with Crippen molar-refractivity contribution in [1.82, 2.24) is 0 Å². The molecule has 1 saturated heterocycles. The average Bonchev–Trinajstić information content (AvgIpc) is 2.49. The van der Waals surface area contributed by atoms with E-state index in [1.807, 2.05) is 13.8 Å². The molecule has 0 amide bonds. The van der Waals surface area contributed by atoms with Gasteiger partial charge in [0.05, 0.1) is 13.2 Å². The molecule has 0 N–H and O–H groups in total. The SMILES string of the molecule is COC1=CC=C2O[C@@H](C)C[C@@H](C)OC(=O)[C@H]2C=C1. The van der Waals surface area contributed by atoms with Crippen molar-refractivity contribution >= 4 is 5.97 Å². The Bertz CT molecular complexity index is 420. The van der Waals surface area contributed by atoms with Crippen molar-refractivity contribution in [2.24, 2.45) is 5.92 Å². The number of ether oxygens (including phenoxy) is 3. The number of allylic oxidation sites excluding steroid dienone is 3. The molecular weight excluding hydrogens is 232 g/mol. The van der Waals surface area contributed by atoms with Crippen LogP contribution < -0.4 is 0 Å². The number of hydrogen-bond acceptors (Lipinski definition) is 4. The van der Waals surface area contributed by atoms with Gasteiger partial charge in [-0.15, -0.1) is 0 Å². The van der Waals surface area contributed by atoms with Crippen LogP contribution in [0, 0.1) is 5.92 Å². The molecule has 4 heteroatoms. The first-order valence-electron chi connectivity index (χ1n) is 6.11. The van der Waals surface area contributed by atoms with Crippen LogP contribution in [0.25, 0.3) is 0 Å². The van der Waals surface area contributed by atoms with E-state index in [1.54, 1.807) is 31.4 Å². The van der Waals surface area contributed by atoms with E-state index >= 15 is 0 Å². The van der Waals surface area contributed by atoms with Crippen LogP contribution in [0.3, 0.4) is 0 Å². The first-order chi connectivity index (χ1) is 8.60. The molecule has 0 unspecified atom stereocenters. The monoisotopic (exact) mass is 250 g/mol. The molecule has 0 bridgehead atoms. The minimum atomic E-state index is -0.487. The second-order valence-electron chi connectivity index (χ2n) is 4.59. The predicted molar refractivity (Wildman–Crippen MR) is 66.5 cm³/mol. The summed E-state index contributed by atoms with van der Waals surface area (Å²) in [4.78, 5) is 12.0. The van der Waals surface area contributed by atoms with Crippen LogP contribution in [0.4, 0.5) is 0 Å². The molecular formula is C14H18O4. The van der Waals surface area contributed by atoms with E-state index in [4.69, 9.17) is 14.2 Å². The Hall–Kier alpha value is -1.71. The predicted octanol–water partition coefficient (Wildman–Crippen LogP) is 2.33. The largest absolute Gasteiger partial charge is 0.497 e. The fraction of sp³-hybridized carbons (Fsp3) is 0.500. The number of carbonyl (C=O) groups is 1. The van der Waals surface area contributed by atoms with Crippen molar-refractivity contribution in [3.05, 3.63) is 35.8 Å². The summed E-state index contributed by atoms with van der Waals surface area (Å²) in [5, 5.41) is 0. The third-order valence-electron chi connectivity index (χ3n) is 2.98. The molecule has 0 radical (unpaired) electrons. The summed E-state index contributed by atoms with van der Waals surface area (Å²) in [7, 11) is 1.59. The van der Waals surface area contributed by atoms with Crippen LogP contribution in [0.5, 0.6) is 0 Å². The molecule has 1 fully saturated rings. The van der Waals surface area contributed by atoms with Gasteiger partial charge in [-0.1, -0.05) is 6.08 Å². The van der Waals surface area contributed by atoms with E-state index in [-0.39, 0.29) is 18.2 Å². The van der Waals surface area contributed by atoms with Gasteiger partial charge in [-0.3, -0.25) is 4.79 Å². The molecule has 18 heavy (non-hydrogen) atoms. The summed E-state index contributed by atoms with van der Waals surface area (Å²) in [6.45, 7) is 3.86. The van der Waals surface area contributed by atoms with Crippen LogP contribution in [0.15, 0.2) is 35.8 Å². The van der Waals surface area contributed by atoms with E-state index in [1.165, 1.54) is 0 Å². The Morgan fingerprint density at radius 3 is 2.67 bits per heavy atom. The van der Waals surface area contributed by atoms with E-state index in [9.17, 15) is 4.79 Å². The van der Waals surface area contributed by atoms with Crippen molar-refractivity contribution in [3.63, 3.8) is 0 Å². The summed E-state index contributed by atoms with van der Waals surface area (Å²) in [5.74, 6) is 0.538. The van der Waals surface area contributed by atoms with Gasteiger partial charge < -0.3 is 14.2 Å². The fourth-order valence-electron chi connectivity index (χ4n) is 2.12. The Morgan fingerprint density at radius 1 is 1.22 bits per heavy atom. The van der Waals surface area contributed by atoms with Gasteiger partial charge in [-0.05, 0) is 32.1 Å². The molecule has 98 valence electrons. The minimum Gasteiger partial charge on any atom is -0.497 e. The summed E-state index contributed by atoms with van der Waals surface area (Å²) >= 11 is 0. The van der Waals surface area contributed by atoms with Gasteiger partial charge in [0.2, 0.25) is 0 Å². The molecule has 0 aromatic heterocycles. The van der Waals surface area contributed by atoms with Crippen molar-refractivity contribution in [2.45, 2.75) is 32.5 Å². The van der Waals surface area contributed by atoms with Gasteiger partial charge >= 0.3 is 5.97 Å². The maximum Gasteiger partial charge on any atom is 0.320 e. The van der Waals surface area contributed by atoms with E-state index in [0.29, 0.717) is 17.9 Å². The maximum atomic E-state index is 12.0. The highest BCUT2D eigenvalue weighted by molar-refractivity contribution is 5.78. The normalized spacial score (nSPS) is 31.7. The number of rotatable bonds is 1. The van der Waals surface area contributed by atoms with E-state index in [0.717, 1.165) is 0 Å². The Balaban J connectivity index is 2.29. The summed E-state index contributed by atoms with van der Waals surface area (Å²) in [6, 6.07) is 0. The van der Waals surface area contributed by atoms with Gasteiger partial charge in [-0.2, -0.15) is 0 Å². The Labute approximate surface area is 107 Å². The maximum absolute atomic E-state index is 12.0. The van der Waals surface area contributed by atoms with Crippen LogP contribution in [0.1, 0.15) is 20.3 Å². The Kier molecular flexibility index (Phi) is 3.75. The standard InChI is InChI=1S/C14H18O4/c1-9-8-10(2)18-14(15)12-6-4-11(16-3)5-7-13(12)17-9/h4-7,9-10,12H,8H2,1-3H3/t9-,10+,12-/m0/s1. The lowest BCUT2D eigenvalue weighted by atomic mass is 10.1. The number of carbonyl (C=O) groups excluding carboxylic acids is 1. The lowest BCUT2D eigenvalue weighted by Crippen LogP contribution is -2.31. The van der Waals surface area contributed by atoms with Gasteiger partial charge in [0.25, 0.3) is 0 Å². The fourth-order valence-corrected chi connectivity index (χ4v) is 2.12. The molecule has 4 nitrogen and oxygen atoms in total. The van der Waals surface area contributed by atoms with Crippen LogP contribution in [-0.2, 0) is 19.0 Å². The third kappa shape index (κ3) is 2.75. The molecule has 1 heterocycles. The van der Waals surface area contributed by atoms with Gasteiger partial charge in [0, 0.05) is 6.42 Å². The molecule has 0 aromatic rings. The summed E-state index contributed by atoms with van der Waals surface area (Å²) in [5.41, 5.74) is 0. The molecule has 0 saturated carbocycles. The zero-order valence-corrected chi connectivity index (χ0v) is 10.9. The molecule has 1 aliphatic carbocycles. The third-order valence-corrected chi connectivity index (χ3v) is 2.98. The quantitative estimate of drug-likeness (QED) is 0.670. The number of esters is 1. The zero-order chi connectivity index (χ0) is 13.1. The van der Waals surface area contributed by atoms with Gasteiger partial charge in [0.15, 0.2) is 0 Å². The lowest BCUT2D eigenvalue weighted by Gasteiger charge is -2.27. The van der Waals surface area contributed by atoms with Crippen LogP contribution in [-0.4, -0.2) is 25.3 Å². The molecule has 3 atom stereocenters. The average molecular weight is 250 g/mol. The van der Waals surface area contributed by atoms with Gasteiger partial charge in [-0.25, -0.2) is 0 Å². The molecule has 1 aliphatic heterocycles. The first-order valence-corrected chi connectivity index (χ1v) is 6.11. The van der Waals surface area contributed by atoms with Crippen molar-refractivity contribution in [3.8, 4) is 0 Å². The second kappa shape index (κ2) is 5.29. The van der Waals surface area contributed by atoms with Crippen LogP contribution >= 0.6 is 0 Å². The second-order valence-corrected chi connectivity index (χ2v) is 4.59. The molecule has 2 aliphatic rings. The Morgan fingerprint density at radius 2 is 1.94 bits per heavy atom. The van der Waals surface area contributed by atoms with E-state index < -0.39 is 5.92 Å². The lowest BCUT2D eigenvalue weighted by molar-refractivity contribution is -0.155. The minimum absolute atomic E-state index is 0.0211. The number of methoxy groups -OCH3 is 1. The summed E-state index contributed by atoms with van der Waals surface area (Å²) in [6.07, 6.45) is 7.67. The van der Waals surface area contributed by atoms with E-state index in [2.05, 4.69) is 0 Å². The molecule has 0 spiro atoms. The number of cyclic esters (lactones) is 1. The smallest absolute Gasteiger partial charge is 0.320 e. The molecule has 0 aromatic carbocycles. The number of hydrogen-bond donors (Lipinski definition) is 0. The molecule has 2 rings (SSSR count). The zero-order valence-electron chi connectivity index (χ0n) is 10.9. The number of fused-ring (bicyclic) bond motifs is 1. The first kappa shape index (κ1) is 12.7. The highest BCUT2D eigenvalue weighted by Crippen LogP contribution is 2.26. The van der Waals surface area contributed by atoms with Crippen molar-refractivity contribution in [1.29, 1.82) is 0 Å². The topological polar surface area (TPSA) is 44.8 Å². The highest BCUT2D eigenvalue weighted by atomic mass is 16.6. The van der Waals surface area contributed by atoms with Crippen molar-refractivity contribution < 1.29 is 19.0 Å².